The number of hydrogen-bond acceptors (Lipinski definition) is 4. The first-order chi connectivity index (χ1) is 8.43. The van der Waals surface area contributed by atoms with Crippen LogP contribution in [0.4, 0.5) is 0 Å². The SMILES string of the molecule is CC(=O)NC(CS)C(=O)NCc1cc(C)c(C)s1. The van der Waals surface area contributed by atoms with Crippen LogP contribution in [-0.4, -0.2) is 23.6 Å². The Kier molecular flexibility index (Phi) is 5.68. The summed E-state index contributed by atoms with van der Waals surface area (Å²) in [6.45, 7) is 5.97. The molecule has 0 saturated carbocycles. The molecule has 0 radical (unpaired) electrons. The van der Waals surface area contributed by atoms with Gasteiger partial charge in [0.05, 0.1) is 6.54 Å². The molecule has 1 unspecified atom stereocenters. The highest BCUT2D eigenvalue weighted by Crippen LogP contribution is 2.20. The van der Waals surface area contributed by atoms with E-state index < -0.39 is 6.04 Å². The Morgan fingerprint density at radius 2 is 2.11 bits per heavy atom. The molecule has 1 heterocycles. The summed E-state index contributed by atoms with van der Waals surface area (Å²) in [5, 5.41) is 5.36. The molecule has 1 aromatic heterocycles. The molecule has 4 nitrogen and oxygen atoms in total. The van der Waals surface area contributed by atoms with Gasteiger partial charge in [0.25, 0.3) is 0 Å². The first-order valence-electron chi connectivity index (χ1n) is 5.65. The third-order valence-electron chi connectivity index (χ3n) is 2.53. The summed E-state index contributed by atoms with van der Waals surface area (Å²) >= 11 is 5.73. The molecule has 2 N–H and O–H groups in total. The lowest BCUT2D eigenvalue weighted by Crippen LogP contribution is -2.46. The Morgan fingerprint density at radius 1 is 1.44 bits per heavy atom. The maximum absolute atomic E-state index is 11.8. The average Bonchev–Trinajstić information content (AvgIpc) is 2.62. The van der Waals surface area contributed by atoms with E-state index in [9.17, 15) is 9.59 Å². The summed E-state index contributed by atoms with van der Waals surface area (Å²) in [5.74, 6) is -0.149. The minimum atomic E-state index is -0.576. The van der Waals surface area contributed by atoms with Gasteiger partial charge in [-0.15, -0.1) is 11.3 Å². The molecular formula is C12H18N2O2S2. The minimum absolute atomic E-state index is 0.205. The van der Waals surface area contributed by atoms with Crippen LogP contribution < -0.4 is 10.6 Å². The summed E-state index contributed by atoms with van der Waals surface area (Å²) < 4.78 is 0. The van der Waals surface area contributed by atoms with Gasteiger partial charge in [-0.3, -0.25) is 9.59 Å². The van der Waals surface area contributed by atoms with Gasteiger partial charge in [0.1, 0.15) is 6.04 Å². The second kappa shape index (κ2) is 6.80. The molecule has 1 aromatic rings. The molecule has 0 aliphatic heterocycles. The fourth-order valence-corrected chi connectivity index (χ4v) is 2.72. The number of carbonyl (C=O) groups excluding carboxylic acids is 2. The van der Waals surface area contributed by atoms with Crippen LogP contribution in [0.1, 0.15) is 22.2 Å². The van der Waals surface area contributed by atoms with Crippen LogP contribution >= 0.6 is 24.0 Å². The predicted molar refractivity (Wildman–Crippen MR) is 77.1 cm³/mol. The molecule has 0 bridgehead atoms. The number of nitrogens with one attached hydrogen (secondary N) is 2. The van der Waals surface area contributed by atoms with Crippen LogP contribution in [0.3, 0.4) is 0 Å². The van der Waals surface area contributed by atoms with E-state index >= 15 is 0 Å². The van der Waals surface area contributed by atoms with Crippen LogP contribution in [0, 0.1) is 13.8 Å². The van der Waals surface area contributed by atoms with Crippen molar-refractivity contribution in [1.82, 2.24) is 10.6 Å². The summed E-state index contributed by atoms with van der Waals surface area (Å²) in [5.41, 5.74) is 1.23. The highest BCUT2D eigenvalue weighted by molar-refractivity contribution is 7.80. The molecule has 0 aromatic carbocycles. The van der Waals surface area contributed by atoms with Crippen LogP contribution in [-0.2, 0) is 16.1 Å². The van der Waals surface area contributed by atoms with Crippen molar-refractivity contribution < 1.29 is 9.59 Å². The van der Waals surface area contributed by atoms with E-state index in [-0.39, 0.29) is 17.6 Å². The number of carbonyl (C=O) groups is 2. The number of thiophene rings is 1. The molecule has 0 saturated heterocycles. The lowest BCUT2D eigenvalue weighted by Gasteiger charge is -2.14. The van der Waals surface area contributed by atoms with Crippen molar-refractivity contribution >= 4 is 35.8 Å². The maximum Gasteiger partial charge on any atom is 0.243 e. The Morgan fingerprint density at radius 3 is 2.56 bits per heavy atom. The van der Waals surface area contributed by atoms with Gasteiger partial charge in [-0.25, -0.2) is 0 Å². The molecule has 6 heteroatoms. The van der Waals surface area contributed by atoms with Gasteiger partial charge in [0.15, 0.2) is 0 Å². The van der Waals surface area contributed by atoms with Gasteiger partial charge in [0.2, 0.25) is 11.8 Å². The minimum Gasteiger partial charge on any atom is -0.349 e. The third-order valence-corrected chi connectivity index (χ3v) is 4.05. The topological polar surface area (TPSA) is 58.2 Å². The molecule has 0 spiro atoms. The van der Waals surface area contributed by atoms with E-state index in [4.69, 9.17) is 0 Å². The van der Waals surface area contributed by atoms with E-state index in [1.807, 2.05) is 6.92 Å². The molecule has 2 amide bonds. The largest absolute Gasteiger partial charge is 0.349 e. The predicted octanol–water partition coefficient (Wildman–Crippen LogP) is 1.42. The smallest absolute Gasteiger partial charge is 0.243 e. The van der Waals surface area contributed by atoms with E-state index in [1.165, 1.54) is 17.4 Å². The first-order valence-corrected chi connectivity index (χ1v) is 7.10. The molecule has 0 aliphatic rings. The quantitative estimate of drug-likeness (QED) is 0.717. The van der Waals surface area contributed by atoms with Crippen molar-refractivity contribution in [1.29, 1.82) is 0 Å². The van der Waals surface area contributed by atoms with Crippen molar-refractivity contribution in [3.8, 4) is 0 Å². The van der Waals surface area contributed by atoms with Crippen LogP contribution in [0.2, 0.25) is 0 Å². The summed E-state index contributed by atoms with van der Waals surface area (Å²) in [7, 11) is 0. The summed E-state index contributed by atoms with van der Waals surface area (Å²) in [6, 6.07) is 1.49. The van der Waals surface area contributed by atoms with Gasteiger partial charge in [-0.05, 0) is 25.5 Å². The second-order valence-corrected chi connectivity index (χ2v) is 5.81. The van der Waals surface area contributed by atoms with E-state index in [0.717, 1.165) is 4.88 Å². The van der Waals surface area contributed by atoms with Crippen molar-refractivity contribution in [2.75, 3.05) is 5.75 Å². The van der Waals surface area contributed by atoms with E-state index in [2.05, 4.69) is 36.3 Å². The molecule has 0 aliphatic carbocycles. The Bertz CT molecular complexity index is 424. The van der Waals surface area contributed by atoms with Gasteiger partial charge in [-0.1, -0.05) is 0 Å². The Balaban J connectivity index is 2.51. The molecule has 1 rings (SSSR count). The fraction of sp³-hybridized carbons (Fsp3) is 0.500. The fourth-order valence-electron chi connectivity index (χ4n) is 1.47. The molecular weight excluding hydrogens is 268 g/mol. The zero-order valence-corrected chi connectivity index (χ0v) is 12.5. The van der Waals surface area contributed by atoms with Crippen molar-refractivity contribution in [3.63, 3.8) is 0 Å². The van der Waals surface area contributed by atoms with Crippen molar-refractivity contribution in [2.45, 2.75) is 33.4 Å². The summed E-state index contributed by atoms with van der Waals surface area (Å²) in [6.07, 6.45) is 0. The molecule has 1 atom stereocenters. The lowest BCUT2D eigenvalue weighted by molar-refractivity contribution is -0.127. The number of aryl methyl sites for hydroxylation is 2. The molecule has 18 heavy (non-hydrogen) atoms. The first kappa shape index (κ1) is 15.0. The van der Waals surface area contributed by atoms with Crippen LogP contribution in [0.25, 0.3) is 0 Å². The van der Waals surface area contributed by atoms with Gasteiger partial charge in [-0.2, -0.15) is 12.6 Å². The zero-order chi connectivity index (χ0) is 13.7. The van der Waals surface area contributed by atoms with Gasteiger partial charge < -0.3 is 10.6 Å². The van der Waals surface area contributed by atoms with Gasteiger partial charge >= 0.3 is 0 Å². The van der Waals surface area contributed by atoms with Crippen LogP contribution in [0.15, 0.2) is 6.07 Å². The molecule has 0 fully saturated rings. The van der Waals surface area contributed by atoms with Crippen molar-refractivity contribution in [2.24, 2.45) is 0 Å². The number of hydrogen-bond donors (Lipinski definition) is 3. The lowest BCUT2D eigenvalue weighted by atomic mass is 10.2. The standard InChI is InChI=1S/C12H18N2O2S2/c1-7-4-10(18-8(7)2)5-13-12(16)11(6-17)14-9(3)15/h4,11,17H,5-6H2,1-3H3,(H,13,16)(H,14,15). The maximum atomic E-state index is 11.8. The van der Waals surface area contributed by atoms with Gasteiger partial charge in [0, 0.05) is 22.4 Å². The zero-order valence-electron chi connectivity index (χ0n) is 10.7. The number of thiol groups is 1. The highest BCUT2D eigenvalue weighted by Gasteiger charge is 2.17. The Labute approximate surface area is 117 Å². The van der Waals surface area contributed by atoms with E-state index in [1.54, 1.807) is 11.3 Å². The third kappa shape index (κ3) is 4.34. The summed E-state index contributed by atoms with van der Waals surface area (Å²) in [4.78, 5) is 25.1. The van der Waals surface area contributed by atoms with E-state index in [0.29, 0.717) is 6.54 Å². The highest BCUT2D eigenvalue weighted by atomic mass is 32.1. The van der Waals surface area contributed by atoms with Crippen molar-refractivity contribution in [3.05, 3.63) is 21.4 Å². The normalized spacial score (nSPS) is 12.0. The Hall–Kier alpha value is -1.01. The number of amides is 2. The second-order valence-electron chi connectivity index (χ2n) is 4.11. The molecule has 100 valence electrons. The number of rotatable bonds is 5. The monoisotopic (exact) mass is 286 g/mol. The van der Waals surface area contributed by atoms with Crippen LogP contribution in [0.5, 0.6) is 0 Å². The average molecular weight is 286 g/mol.